The minimum atomic E-state index is -0.521. The van der Waals surface area contributed by atoms with Crippen LogP contribution in [0.15, 0.2) is 35.8 Å². The summed E-state index contributed by atoms with van der Waals surface area (Å²) in [5.74, 6) is 0.263. The third-order valence-electron chi connectivity index (χ3n) is 5.12. The van der Waals surface area contributed by atoms with Gasteiger partial charge in [0.25, 0.3) is 5.91 Å². The van der Waals surface area contributed by atoms with E-state index in [1.807, 2.05) is 30.5 Å². The van der Waals surface area contributed by atoms with Crippen LogP contribution < -0.4 is 4.74 Å². The highest BCUT2D eigenvalue weighted by Gasteiger charge is 2.34. The summed E-state index contributed by atoms with van der Waals surface area (Å²) in [6.45, 7) is 2.64. The molecule has 1 fully saturated rings. The van der Waals surface area contributed by atoms with Crippen LogP contribution in [0.3, 0.4) is 0 Å². The fourth-order valence-corrected chi connectivity index (χ4v) is 4.51. The van der Waals surface area contributed by atoms with Gasteiger partial charge < -0.3 is 14.4 Å². The van der Waals surface area contributed by atoms with E-state index in [9.17, 15) is 9.59 Å². The summed E-state index contributed by atoms with van der Waals surface area (Å²) < 4.78 is 12.3. The lowest BCUT2D eigenvalue weighted by molar-refractivity contribution is -0.149. The molecule has 29 heavy (non-hydrogen) atoms. The fourth-order valence-electron chi connectivity index (χ4n) is 3.66. The van der Waals surface area contributed by atoms with E-state index in [1.165, 1.54) is 11.3 Å². The highest BCUT2D eigenvalue weighted by molar-refractivity contribution is 7.15. The van der Waals surface area contributed by atoms with Gasteiger partial charge in [0.2, 0.25) is 0 Å². The number of hydrogen-bond acceptors (Lipinski definition) is 6. The van der Waals surface area contributed by atoms with Gasteiger partial charge in [0.15, 0.2) is 4.96 Å². The number of rotatable bonds is 5. The van der Waals surface area contributed by atoms with Crippen molar-refractivity contribution in [2.45, 2.75) is 32.2 Å². The molecule has 1 unspecified atom stereocenters. The van der Waals surface area contributed by atoms with Gasteiger partial charge in [-0.15, -0.1) is 11.3 Å². The zero-order valence-electron chi connectivity index (χ0n) is 16.5. The topological polar surface area (TPSA) is 73.1 Å². The van der Waals surface area contributed by atoms with Crippen LogP contribution >= 0.6 is 11.3 Å². The number of nitrogens with zero attached hydrogens (tertiary/aromatic N) is 3. The van der Waals surface area contributed by atoms with Crippen molar-refractivity contribution in [3.63, 3.8) is 0 Å². The number of carbonyl (C=O) groups is 2. The van der Waals surface area contributed by atoms with Gasteiger partial charge in [-0.2, -0.15) is 0 Å². The Balaban J connectivity index is 1.65. The zero-order chi connectivity index (χ0) is 20.4. The van der Waals surface area contributed by atoms with Gasteiger partial charge in [0.1, 0.15) is 17.5 Å². The Hall–Kier alpha value is -2.87. The summed E-state index contributed by atoms with van der Waals surface area (Å²) in [7, 11) is 1.63. The molecule has 8 heteroatoms. The summed E-state index contributed by atoms with van der Waals surface area (Å²) in [6, 6.07) is 7.13. The first-order valence-corrected chi connectivity index (χ1v) is 10.6. The molecule has 0 saturated carbocycles. The van der Waals surface area contributed by atoms with Crippen molar-refractivity contribution >= 4 is 28.2 Å². The number of thiazole rings is 1. The summed E-state index contributed by atoms with van der Waals surface area (Å²) in [4.78, 5) is 32.7. The molecule has 1 amide bonds. The van der Waals surface area contributed by atoms with Crippen molar-refractivity contribution in [3.05, 3.63) is 41.5 Å². The van der Waals surface area contributed by atoms with Crippen molar-refractivity contribution in [1.82, 2.24) is 14.3 Å². The number of imidazole rings is 1. The minimum Gasteiger partial charge on any atom is -0.497 e. The van der Waals surface area contributed by atoms with Gasteiger partial charge in [-0.25, -0.2) is 9.78 Å². The molecule has 0 aliphatic carbocycles. The molecule has 2 aromatic heterocycles. The first kappa shape index (κ1) is 19.4. The highest BCUT2D eigenvalue weighted by atomic mass is 32.1. The van der Waals surface area contributed by atoms with Crippen molar-refractivity contribution in [2.24, 2.45) is 0 Å². The molecule has 0 bridgehead atoms. The number of piperidine rings is 1. The van der Waals surface area contributed by atoms with Crippen LogP contribution in [-0.4, -0.2) is 52.5 Å². The second-order valence-corrected chi connectivity index (χ2v) is 7.73. The van der Waals surface area contributed by atoms with Crippen LogP contribution in [0.25, 0.3) is 16.2 Å². The zero-order valence-corrected chi connectivity index (χ0v) is 17.3. The van der Waals surface area contributed by atoms with Crippen LogP contribution in [0.2, 0.25) is 0 Å². The molecule has 152 valence electrons. The Labute approximate surface area is 172 Å². The molecule has 1 aromatic carbocycles. The van der Waals surface area contributed by atoms with E-state index in [0.717, 1.165) is 34.8 Å². The standard InChI is InChI=1S/C21H23N3O4S/c1-3-28-20(26)17-9-4-5-10-23(17)19(25)18-13-29-21-22-16(12-24(18)21)14-7-6-8-15(11-14)27-2/h6-8,11-13,17H,3-5,9-10H2,1-2H3. The number of hydrogen-bond donors (Lipinski definition) is 0. The predicted molar refractivity (Wildman–Crippen MR) is 110 cm³/mol. The molecule has 7 nitrogen and oxygen atoms in total. The number of ether oxygens (including phenoxy) is 2. The maximum atomic E-state index is 13.3. The molecule has 0 spiro atoms. The average molecular weight is 413 g/mol. The number of fused-ring (bicyclic) bond motifs is 1. The van der Waals surface area contributed by atoms with Gasteiger partial charge >= 0.3 is 5.97 Å². The van der Waals surface area contributed by atoms with Crippen molar-refractivity contribution in [3.8, 4) is 17.0 Å². The summed E-state index contributed by atoms with van der Waals surface area (Å²) >= 11 is 1.41. The second kappa shape index (κ2) is 8.24. The summed E-state index contributed by atoms with van der Waals surface area (Å²) in [5.41, 5.74) is 2.20. The first-order chi connectivity index (χ1) is 14.1. The number of methoxy groups -OCH3 is 1. The van der Waals surface area contributed by atoms with Gasteiger partial charge in [-0.1, -0.05) is 12.1 Å². The Morgan fingerprint density at radius 1 is 1.31 bits per heavy atom. The second-order valence-electron chi connectivity index (χ2n) is 6.89. The summed E-state index contributed by atoms with van der Waals surface area (Å²) in [6.07, 6.45) is 4.29. The smallest absolute Gasteiger partial charge is 0.328 e. The van der Waals surface area contributed by atoms with E-state index in [4.69, 9.17) is 9.47 Å². The number of carbonyl (C=O) groups excluding carboxylic acids is 2. The molecular weight excluding hydrogens is 390 g/mol. The molecule has 1 aliphatic rings. The number of benzene rings is 1. The molecule has 1 aliphatic heterocycles. The van der Waals surface area contributed by atoms with Gasteiger partial charge in [0.05, 0.1) is 19.4 Å². The maximum Gasteiger partial charge on any atom is 0.328 e. The monoisotopic (exact) mass is 413 g/mol. The summed E-state index contributed by atoms with van der Waals surface area (Å²) in [5, 5.41) is 1.80. The molecule has 0 N–H and O–H groups in total. The van der Waals surface area contributed by atoms with Gasteiger partial charge in [0, 0.05) is 23.7 Å². The van der Waals surface area contributed by atoms with Crippen molar-refractivity contribution < 1.29 is 19.1 Å². The molecule has 1 saturated heterocycles. The normalized spacial score (nSPS) is 16.8. The largest absolute Gasteiger partial charge is 0.497 e. The van der Waals surface area contributed by atoms with E-state index in [0.29, 0.717) is 25.3 Å². The number of esters is 1. The molecule has 1 atom stereocenters. The average Bonchev–Trinajstić information content (AvgIpc) is 3.34. The predicted octanol–water partition coefficient (Wildman–Crippen LogP) is 3.63. The van der Waals surface area contributed by atoms with Crippen LogP contribution in [0.5, 0.6) is 5.75 Å². The Kier molecular flexibility index (Phi) is 5.53. The van der Waals surface area contributed by atoms with Crippen LogP contribution in [-0.2, 0) is 9.53 Å². The number of likely N-dealkylation sites (tertiary alicyclic amines) is 1. The Bertz CT molecular complexity index is 1040. The minimum absolute atomic E-state index is 0.163. The Morgan fingerprint density at radius 3 is 2.97 bits per heavy atom. The highest BCUT2D eigenvalue weighted by Crippen LogP contribution is 2.28. The third kappa shape index (κ3) is 3.72. The van der Waals surface area contributed by atoms with E-state index in [2.05, 4.69) is 4.98 Å². The van der Waals surface area contributed by atoms with Gasteiger partial charge in [-0.05, 0) is 38.3 Å². The molecule has 0 radical (unpaired) electrons. The van der Waals surface area contributed by atoms with E-state index < -0.39 is 6.04 Å². The lowest BCUT2D eigenvalue weighted by atomic mass is 10.0. The SMILES string of the molecule is CCOC(=O)C1CCCCN1C(=O)c1csc2nc(-c3cccc(OC)c3)cn12. The fraction of sp³-hybridized carbons (Fsp3) is 0.381. The van der Waals surface area contributed by atoms with Crippen LogP contribution in [0.4, 0.5) is 0 Å². The van der Waals surface area contributed by atoms with Crippen LogP contribution in [0, 0.1) is 0 Å². The molecule has 4 rings (SSSR count). The van der Waals surface area contributed by atoms with E-state index in [1.54, 1.807) is 28.7 Å². The van der Waals surface area contributed by atoms with E-state index in [-0.39, 0.29) is 11.9 Å². The maximum absolute atomic E-state index is 13.3. The number of aromatic nitrogens is 2. The van der Waals surface area contributed by atoms with Crippen molar-refractivity contribution in [1.29, 1.82) is 0 Å². The van der Waals surface area contributed by atoms with Crippen molar-refractivity contribution in [2.75, 3.05) is 20.3 Å². The first-order valence-electron chi connectivity index (χ1n) is 9.71. The molecule has 3 heterocycles. The van der Waals surface area contributed by atoms with E-state index >= 15 is 0 Å². The quantitative estimate of drug-likeness (QED) is 0.597. The van der Waals surface area contributed by atoms with Gasteiger partial charge in [-0.3, -0.25) is 9.20 Å². The third-order valence-corrected chi connectivity index (χ3v) is 5.96. The number of amides is 1. The Morgan fingerprint density at radius 2 is 2.17 bits per heavy atom. The lowest BCUT2D eigenvalue weighted by Gasteiger charge is -2.33. The van der Waals surface area contributed by atoms with Crippen LogP contribution in [0.1, 0.15) is 36.7 Å². The lowest BCUT2D eigenvalue weighted by Crippen LogP contribution is -2.48. The molecule has 3 aromatic rings. The molecular formula is C21H23N3O4S.